The molecule has 34 heavy (non-hydrogen) atoms. The first kappa shape index (κ1) is 21.9. The first-order valence-electron chi connectivity index (χ1n) is 11.2. The highest BCUT2D eigenvalue weighted by atomic mass is 16.5. The molecule has 8 nitrogen and oxygen atoms in total. The summed E-state index contributed by atoms with van der Waals surface area (Å²) in [6, 6.07) is 15.7. The molecule has 1 unspecified atom stereocenters. The molecule has 8 heteroatoms. The number of benzene rings is 2. The molecule has 3 heterocycles. The highest BCUT2D eigenvalue weighted by Crippen LogP contribution is 2.53. The molecule has 0 saturated carbocycles. The molecule has 2 amide bonds. The number of Topliss-reactive ketones (excluding diaryl/α,β-unsaturated/α-hetero) is 1. The highest BCUT2D eigenvalue weighted by molar-refractivity contribution is 6.26. The van der Waals surface area contributed by atoms with Crippen LogP contribution in [0.1, 0.15) is 29.5 Å². The maximum absolute atomic E-state index is 14.1. The topological polar surface area (TPSA) is 100 Å². The van der Waals surface area contributed by atoms with Crippen LogP contribution < -0.4 is 4.90 Å². The summed E-state index contributed by atoms with van der Waals surface area (Å²) < 4.78 is 11.0. The molecule has 2 aliphatic heterocycles. The largest absolute Gasteiger partial charge is 0.503 e. The molecule has 2 aromatic carbocycles. The van der Waals surface area contributed by atoms with Crippen molar-refractivity contribution in [1.82, 2.24) is 4.90 Å². The van der Waals surface area contributed by atoms with Crippen LogP contribution in [0.4, 0.5) is 5.69 Å². The van der Waals surface area contributed by atoms with E-state index >= 15 is 0 Å². The molecule has 0 bridgehead atoms. The third-order valence-corrected chi connectivity index (χ3v) is 6.43. The third-order valence-electron chi connectivity index (χ3n) is 6.43. The number of hydrogen-bond donors (Lipinski definition) is 1. The Morgan fingerprint density at radius 3 is 2.56 bits per heavy atom. The summed E-state index contributed by atoms with van der Waals surface area (Å²) in [5.74, 6) is -2.75. The SMILES string of the molecule is CCCN1C(=O)C2(C(C(=O)c3cc4ccccc4o3)=C(O)C(=O)N2CCOC)c2ccccc21. The van der Waals surface area contributed by atoms with E-state index in [1.165, 1.54) is 12.0 Å². The Bertz CT molecular complexity index is 1320. The second-order valence-corrected chi connectivity index (χ2v) is 8.34. The van der Waals surface area contributed by atoms with Gasteiger partial charge in [0.1, 0.15) is 5.58 Å². The predicted octanol–water partition coefficient (Wildman–Crippen LogP) is 3.57. The lowest BCUT2D eigenvalue weighted by Gasteiger charge is -2.35. The maximum atomic E-state index is 14.1. The smallest absolute Gasteiger partial charge is 0.290 e. The van der Waals surface area contributed by atoms with Crippen molar-refractivity contribution in [3.8, 4) is 0 Å². The van der Waals surface area contributed by atoms with Gasteiger partial charge in [0.2, 0.25) is 5.78 Å². The zero-order valence-corrected chi connectivity index (χ0v) is 18.9. The minimum absolute atomic E-state index is 0.0103. The summed E-state index contributed by atoms with van der Waals surface area (Å²) in [4.78, 5) is 44.1. The van der Waals surface area contributed by atoms with E-state index in [4.69, 9.17) is 9.15 Å². The van der Waals surface area contributed by atoms with Gasteiger partial charge in [-0.2, -0.15) is 0 Å². The van der Waals surface area contributed by atoms with Crippen LogP contribution in [0.2, 0.25) is 0 Å². The quantitative estimate of drug-likeness (QED) is 0.541. The van der Waals surface area contributed by atoms with Crippen molar-refractivity contribution in [2.24, 2.45) is 0 Å². The van der Waals surface area contributed by atoms with E-state index in [0.29, 0.717) is 35.2 Å². The molecule has 0 radical (unpaired) electrons. The van der Waals surface area contributed by atoms with Gasteiger partial charge >= 0.3 is 0 Å². The minimum atomic E-state index is -1.80. The van der Waals surface area contributed by atoms with E-state index < -0.39 is 28.9 Å². The Morgan fingerprint density at radius 2 is 1.82 bits per heavy atom. The molecule has 0 saturated heterocycles. The third kappa shape index (κ3) is 2.85. The number of amides is 2. The number of para-hydroxylation sites is 2. The molecule has 0 aliphatic carbocycles. The number of fused-ring (bicyclic) bond motifs is 3. The van der Waals surface area contributed by atoms with Crippen molar-refractivity contribution in [2.75, 3.05) is 31.7 Å². The van der Waals surface area contributed by atoms with Crippen molar-refractivity contribution in [3.05, 3.63) is 77.3 Å². The van der Waals surface area contributed by atoms with Crippen LogP contribution >= 0.6 is 0 Å². The lowest BCUT2D eigenvalue weighted by Crippen LogP contribution is -2.54. The minimum Gasteiger partial charge on any atom is -0.503 e. The van der Waals surface area contributed by atoms with Crippen molar-refractivity contribution < 1.29 is 28.6 Å². The van der Waals surface area contributed by atoms with Crippen molar-refractivity contribution >= 4 is 34.3 Å². The number of nitrogens with zero attached hydrogens (tertiary/aromatic N) is 2. The Morgan fingerprint density at radius 1 is 1.09 bits per heavy atom. The zero-order valence-electron chi connectivity index (χ0n) is 18.9. The standard InChI is InChI=1S/C26H24N2O6/c1-3-12-27-18-10-6-5-9-17(18)26(25(27)32)21(23(30)24(31)28(26)13-14-33-2)22(29)20-15-16-8-4-7-11-19(16)34-20/h4-11,15,30H,3,12-14H2,1-2H3. The summed E-state index contributed by atoms with van der Waals surface area (Å²) in [7, 11) is 1.48. The molecule has 3 aromatic rings. The fraction of sp³-hybridized carbons (Fsp3) is 0.269. The normalized spacial score (nSPS) is 19.7. The Hall–Kier alpha value is -3.91. The van der Waals surface area contributed by atoms with Crippen LogP contribution in [0.5, 0.6) is 0 Å². The summed E-state index contributed by atoms with van der Waals surface area (Å²) in [6.45, 7) is 2.47. The van der Waals surface area contributed by atoms with Crippen molar-refractivity contribution in [1.29, 1.82) is 0 Å². The number of methoxy groups -OCH3 is 1. The monoisotopic (exact) mass is 460 g/mol. The number of anilines is 1. The summed E-state index contributed by atoms with van der Waals surface area (Å²) in [5.41, 5.74) is -0.521. The number of aliphatic hydroxyl groups is 1. The second kappa shape index (κ2) is 8.14. The zero-order chi connectivity index (χ0) is 24.0. The fourth-order valence-corrected chi connectivity index (χ4v) is 5.02. The first-order chi connectivity index (χ1) is 16.5. The van der Waals surface area contributed by atoms with E-state index in [1.807, 2.05) is 13.0 Å². The van der Waals surface area contributed by atoms with Gasteiger partial charge in [0.15, 0.2) is 17.1 Å². The molecule has 0 fully saturated rings. The fourth-order valence-electron chi connectivity index (χ4n) is 5.02. The molecule has 174 valence electrons. The van der Waals surface area contributed by atoms with Gasteiger partial charge in [0.25, 0.3) is 11.8 Å². The molecule has 1 N–H and O–H groups in total. The van der Waals surface area contributed by atoms with Crippen LogP contribution in [-0.4, -0.2) is 54.4 Å². The van der Waals surface area contributed by atoms with Crippen LogP contribution in [0.15, 0.2) is 70.3 Å². The van der Waals surface area contributed by atoms with E-state index in [-0.39, 0.29) is 24.5 Å². The van der Waals surface area contributed by atoms with Crippen LogP contribution in [-0.2, 0) is 19.9 Å². The van der Waals surface area contributed by atoms with E-state index in [1.54, 1.807) is 53.4 Å². The molecule has 1 spiro atoms. The Labute approximate surface area is 196 Å². The van der Waals surface area contributed by atoms with Gasteiger partial charge < -0.3 is 24.1 Å². The van der Waals surface area contributed by atoms with Crippen LogP contribution in [0.25, 0.3) is 11.0 Å². The van der Waals surface area contributed by atoms with Gasteiger partial charge in [-0.3, -0.25) is 14.4 Å². The molecule has 5 rings (SSSR count). The van der Waals surface area contributed by atoms with Crippen LogP contribution in [0.3, 0.4) is 0 Å². The number of carbonyl (C=O) groups is 3. The van der Waals surface area contributed by atoms with Gasteiger partial charge in [0.05, 0.1) is 17.9 Å². The molecular weight excluding hydrogens is 436 g/mol. The first-order valence-corrected chi connectivity index (χ1v) is 11.2. The van der Waals surface area contributed by atoms with Crippen LogP contribution in [0, 0.1) is 0 Å². The van der Waals surface area contributed by atoms with Gasteiger partial charge in [-0.05, 0) is 24.6 Å². The Kier molecular flexibility index (Phi) is 5.25. The van der Waals surface area contributed by atoms with Gasteiger partial charge in [-0.15, -0.1) is 0 Å². The van der Waals surface area contributed by atoms with Gasteiger partial charge in [0, 0.05) is 31.1 Å². The summed E-state index contributed by atoms with van der Waals surface area (Å²) in [6.07, 6.45) is 0.671. The van der Waals surface area contributed by atoms with E-state index in [0.717, 1.165) is 0 Å². The number of hydrogen-bond acceptors (Lipinski definition) is 6. The molecule has 1 aromatic heterocycles. The number of rotatable bonds is 7. The van der Waals surface area contributed by atoms with Gasteiger partial charge in [-0.1, -0.05) is 43.3 Å². The predicted molar refractivity (Wildman–Crippen MR) is 125 cm³/mol. The van der Waals surface area contributed by atoms with Crippen molar-refractivity contribution in [3.63, 3.8) is 0 Å². The molecular formula is C26H24N2O6. The summed E-state index contributed by atoms with van der Waals surface area (Å²) in [5, 5.41) is 11.7. The highest BCUT2D eigenvalue weighted by Gasteiger charge is 2.65. The Balaban J connectivity index is 1.75. The average Bonchev–Trinajstić information content (AvgIpc) is 3.45. The van der Waals surface area contributed by atoms with Gasteiger partial charge in [-0.25, -0.2) is 0 Å². The maximum Gasteiger partial charge on any atom is 0.290 e. The lowest BCUT2D eigenvalue weighted by molar-refractivity contribution is -0.140. The number of ketones is 1. The number of carbonyl (C=O) groups excluding carboxylic acids is 3. The van der Waals surface area contributed by atoms with E-state index in [2.05, 4.69) is 0 Å². The van der Waals surface area contributed by atoms with Crippen molar-refractivity contribution in [2.45, 2.75) is 18.9 Å². The summed E-state index contributed by atoms with van der Waals surface area (Å²) >= 11 is 0. The lowest BCUT2D eigenvalue weighted by atomic mass is 9.81. The number of aliphatic hydroxyl groups excluding tert-OH is 1. The number of ether oxygens (including phenoxy) is 1. The van der Waals surface area contributed by atoms with E-state index in [9.17, 15) is 19.5 Å². The molecule has 2 aliphatic rings. The average molecular weight is 460 g/mol. The number of furan rings is 1. The second-order valence-electron chi connectivity index (χ2n) is 8.34. The molecule has 1 atom stereocenters.